The van der Waals surface area contributed by atoms with E-state index in [2.05, 4.69) is 28.9 Å². The Labute approximate surface area is 191 Å². The van der Waals surface area contributed by atoms with E-state index in [0.29, 0.717) is 19.3 Å². The molecule has 5 nitrogen and oxygen atoms in total. The molecule has 1 aromatic heterocycles. The van der Waals surface area contributed by atoms with Crippen LogP contribution in [0.4, 0.5) is 0 Å². The summed E-state index contributed by atoms with van der Waals surface area (Å²) >= 11 is 5.25. The fraction of sp³-hybridized carbons (Fsp3) is 0.545. The molecule has 0 aliphatic heterocycles. The van der Waals surface area contributed by atoms with E-state index in [1.165, 1.54) is 9.75 Å². The van der Waals surface area contributed by atoms with Gasteiger partial charge < -0.3 is 0 Å². The van der Waals surface area contributed by atoms with Crippen LogP contribution in [0.2, 0.25) is 0 Å². The monoisotopic (exact) mass is 495 g/mol. The summed E-state index contributed by atoms with van der Waals surface area (Å²) < 4.78 is 6.09. The molecular weight excluding hydrogens is 467 g/mol. The summed E-state index contributed by atoms with van der Waals surface area (Å²) in [6.45, 7) is 1.96. The molecule has 0 spiro atoms. The summed E-state index contributed by atoms with van der Waals surface area (Å²) in [5.41, 5.74) is 0. The number of allylic oxidation sites excluding steroid dienone is 2. The molecule has 1 radical (unpaired) electrons. The minimum atomic E-state index is -0.999. The summed E-state index contributed by atoms with van der Waals surface area (Å²) in [4.78, 5) is 12.9. The van der Waals surface area contributed by atoms with Gasteiger partial charge >= 0.3 is 192 Å². The fourth-order valence-corrected chi connectivity index (χ4v) is 5.43. The molecule has 0 amide bonds. The predicted molar refractivity (Wildman–Crippen MR) is 125 cm³/mol. The molecular formula is C22H29BBrO5S. The van der Waals surface area contributed by atoms with Crippen molar-refractivity contribution in [2.24, 2.45) is 17.8 Å². The van der Waals surface area contributed by atoms with Crippen LogP contribution in [-0.2, 0) is 16.0 Å². The first-order valence-electron chi connectivity index (χ1n) is 10.1. The zero-order chi connectivity index (χ0) is 22.1. The van der Waals surface area contributed by atoms with Gasteiger partial charge in [-0.1, -0.05) is 0 Å². The second-order valence-corrected chi connectivity index (χ2v) is 9.82. The van der Waals surface area contributed by atoms with E-state index in [1.807, 2.05) is 18.2 Å². The summed E-state index contributed by atoms with van der Waals surface area (Å²) in [6, 6.07) is 2.10. The van der Waals surface area contributed by atoms with Crippen molar-refractivity contribution < 1.29 is 24.9 Å². The average molecular weight is 496 g/mol. The number of aliphatic hydroxyl groups excluding tert-OH is 2. The third kappa shape index (κ3) is 7.89. The van der Waals surface area contributed by atoms with Gasteiger partial charge in [-0.3, -0.25) is 0 Å². The van der Waals surface area contributed by atoms with Crippen LogP contribution >= 0.6 is 27.3 Å². The van der Waals surface area contributed by atoms with E-state index in [9.17, 15) is 15.0 Å². The zero-order valence-corrected chi connectivity index (χ0v) is 19.5. The topological polar surface area (TPSA) is 87.0 Å². The maximum atomic E-state index is 10.5. The predicted octanol–water partition coefficient (Wildman–Crippen LogP) is 3.30. The molecule has 30 heavy (non-hydrogen) atoms. The summed E-state index contributed by atoms with van der Waals surface area (Å²) in [7, 11) is 5.80. The van der Waals surface area contributed by atoms with E-state index in [1.54, 1.807) is 23.4 Å². The van der Waals surface area contributed by atoms with Crippen molar-refractivity contribution in [3.63, 3.8) is 0 Å². The van der Waals surface area contributed by atoms with Gasteiger partial charge in [0.1, 0.15) is 0 Å². The summed E-state index contributed by atoms with van der Waals surface area (Å²) in [5, 5.41) is 29.4. The molecule has 1 fully saturated rings. The van der Waals surface area contributed by atoms with Crippen LogP contribution < -0.4 is 0 Å². The first-order chi connectivity index (χ1) is 14.3. The molecule has 1 heterocycles. The van der Waals surface area contributed by atoms with E-state index < -0.39 is 18.2 Å². The summed E-state index contributed by atoms with van der Waals surface area (Å²) in [5.74, 6) is 0.728. The first-order valence-corrected chi connectivity index (χ1v) is 11.7. The van der Waals surface area contributed by atoms with Crippen LogP contribution in [0.1, 0.15) is 29.0 Å². The Morgan fingerprint density at radius 1 is 1.47 bits per heavy atom. The van der Waals surface area contributed by atoms with Crippen LogP contribution in [0.25, 0.3) is 0 Å². The van der Waals surface area contributed by atoms with Crippen molar-refractivity contribution in [1.82, 2.24) is 0 Å². The zero-order valence-electron chi connectivity index (χ0n) is 17.1. The molecule has 3 N–H and O–H groups in total. The van der Waals surface area contributed by atoms with E-state index in [-0.39, 0.29) is 31.0 Å². The van der Waals surface area contributed by atoms with Gasteiger partial charge in [-0.2, -0.15) is 0 Å². The Hall–Kier alpha value is -1.06. The van der Waals surface area contributed by atoms with Gasteiger partial charge in [-0.05, 0) is 0 Å². The second kappa shape index (κ2) is 12.7. The third-order valence-electron chi connectivity index (χ3n) is 5.41. The van der Waals surface area contributed by atoms with E-state index in [4.69, 9.17) is 17.3 Å². The SMILES string of the molecule is [B]=C[C@@H]1CC(O)[C@H](C/C=C\COCC(=O)O)[C@H]1/C=C/[C@@H](O)CCc1cc(Br)c(C)s1. The summed E-state index contributed by atoms with van der Waals surface area (Å²) in [6.07, 6.45) is 9.14. The van der Waals surface area contributed by atoms with Crippen LogP contribution in [-0.4, -0.2) is 60.2 Å². The number of ether oxygens (including phenoxy) is 1. The number of carbonyl (C=O) groups is 1. The standard InChI is InChI=1S/C22H29BBrO5S/c1-14-20(24)11-17(30-14)7-5-16(25)6-8-18-15(12-23)10-21(26)19(18)4-2-3-9-29-13-22(27)28/h2-3,6,8,11-12,15-16,18-19,21,25-26H,4-5,7,9-10,13H2,1H3,(H,27,28)/b3-2-,8-6+/t15-,16-,18-,19+,21?/m0/s1. The molecule has 163 valence electrons. The van der Waals surface area contributed by atoms with E-state index in [0.717, 1.165) is 10.9 Å². The molecule has 0 saturated heterocycles. The van der Waals surface area contributed by atoms with Gasteiger partial charge in [0.25, 0.3) is 0 Å². The molecule has 0 aromatic carbocycles. The Kier molecular flexibility index (Phi) is 10.7. The van der Waals surface area contributed by atoms with Crippen molar-refractivity contribution in [2.45, 2.75) is 44.8 Å². The molecule has 1 aliphatic rings. The van der Waals surface area contributed by atoms with Gasteiger partial charge in [-0.15, -0.1) is 0 Å². The third-order valence-corrected chi connectivity index (χ3v) is 7.60. The number of thiophene rings is 1. The number of hydrogen-bond donors (Lipinski definition) is 3. The Bertz CT molecular complexity index is 743. The fourth-order valence-electron chi connectivity index (χ4n) is 3.81. The molecule has 1 aromatic rings. The number of carboxylic acids is 1. The van der Waals surface area contributed by atoms with Crippen molar-refractivity contribution in [3.05, 3.63) is 44.6 Å². The van der Waals surface area contributed by atoms with Gasteiger partial charge in [0.05, 0.1) is 0 Å². The van der Waals surface area contributed by atoms with Crippen LogP contribution in [0.5, 0.6) is 0 Å². The number of carboxylic acid groups (broad SMARTS) is 1. The Morgan fingerprint density at radius 3 is 2.87 bits per heavy atom. The number of halogens is 1. The van der Waals surface area contributed by atoms with E-state index >= 15 is 0 Å². The van der Waals surface area contributed by atoms with Gasteiger partial charge in [0, 0.05) is 0 Å². The normalized spacial score (nSPS) is 25.3. The number of rotatable bonds is 12. The minimum absolute atomic E-state index is 0.00938. The van der Waals surface area contributed by atoms with Crippen LogP contribution in [0, 0.1) is 24.7 Å². The van der Waals surface area contributed by atoms with Crippen molar-refractivity contribution in [1.29, 1.82) is 0 Å². The van der Waals surface area contributed by atoms with Gasteiger partial charge in [0.15, 0.2) is 0 Å². The molecule has 0 bridgehead atoms. The molecule has 1 unspecified atom stereocenters. The van der Waals surface area contributed by atoms with Crippen molar-refractivity contribution in [2.75, 3.05) is 13.2 Å². The van der Waals surface area contributed by atoms with Crippen LogP contribution in [0.15, 0.2) is 34.8 Å². The average Bonchev–Trinajstić information content (AvgIpc) is 3.19. The van der Waals surface area contributed by atoms with Crippen molar-refractivity contribution in [3.8, 4) is 0 Å². The molecule has 5 atom stereocenters. The number of aliphatic hydroxyl groups is 2. The Balaban J connectivity index is 1.89. The van der Waals surface area contributed by atoms with Gasteiger partial charge in [-0.25, -0.2) is 0 Å². The molecule has 1 saturated carbocycles. The van der Waals surface area contributed by atoms with Crippen molar-refractivity contribution >= 4 is 46.7 Å². The molecule has 1 aliphatic carbocycles. The number of hydrogen-bond acceptors (Lipinski definition) is 5. The van der Waals surface area contributed by atoms with Crippen LogP contribution in [0.3, 0.4) is 0 Å². The number of aryl methyl sites for hydroxylation is 2. The first kappa shape index (κ1) is 25.2. The number of aliphatic carboxylic acids is 1. The van der Waals surface area contributed by atoms with Gasteiger partial charge in [0.2, 0.25) is 0 Å². The molecule has 8 heteroatoms. The maximum absolute atomic E-state index is 10.5. The quantitative estimate of drug-likeness (QED) is 0.235. The molecule has 2 rings (SSSR count). The Morgan fingerprint density at radius 2 is 2.23 bits per heavy atom. The second-order valence-electron chi connectivity index (χ2n) is 7.62.